The SMILES string of the molecule is CCOC(=O)[C@@H]1CCCCN1C(=O)C[NH+](C)CC(=O)Nc1cccc(C)c1C. The smallest absolute Gasteiger partial charge is 0.328 e. The van der Waals surface area contributed by atoms with E-state index in [9.17, 15) is 14.4 Å². The fourth-order valence-electron chi connectivity index (χ4n) is 3.49. The zero-order valence-electron chi connectivity index (χ0n) is 17.3. The van der Waals surface area contributed by atoms with Crippen LogP contribution in [-0.4, -0.2) is 62.0 Å². The number of rotatable bonds is 7. The van der Waals surface area contributed by atoms with E-state index in [1.54, 1.807) is 11.8 Å². The van der Waals surface area contributed by atoms with Crippen LogP contribution in [0.3, 0.4) is 0 Å². The van der Waals surface area contributed by atoms with E-state index in [4.69, 9.17) is 4.74 Å². The van der Waals surface area contributed by atoms with Crippen molar-refractivity contribution < 1.29 is 24.0 Å². The minimum absolute atomic E-state index is 0.116. The molecule has 0 aromatic heterocycles. The number of benzene rings is 1. The number of esters is 1. The highest BCUT2D eigenvalue weighted by atomic mass is 16.5. The van der Waals surface area contributed by atoms with E-state index in [0.29, 0.717) is 19.6 Å². The summed E-state index contributed by atoms with van der Waals surface area (Å²) in [5.41, 5.74) is 2.95. The lowest BCUT2D eigenvalue weighted by Gasteiger charge is -2.34. The van der Waals surface area contributed by atoms with E-state index in [1.807, 2.05) is 39.1 Å². The number of hydrogen-bond acceptors (Lipinski definition) is 4. The Hall–Kier alpha value is -2.41. The van der Waals surface area contributed by atoms with E-state index in [0.717, 1.165) is 34.6 Å². The predicted octanol–water partition coefficient (Wildman–Crippen LogP) is 0.701. The molecule has 0 radical (unpaired) electrons. The molecule has 1 aliphatic heterocycles. The van der Waals surface area contributed by atoms with E-state index in [-0.39, 0.29) is 30.9 Å². The maximum Gasteiger partial charge on any atom is 0.328 e. The molecule has 1 aromatic carbocycles. The van der Waals surface area contributed by atoms with E-state index in [1.165, 1.54) is 0 Å². The van der Waals surface area contributed by atoms with Crippen LogP contribution in [0.4, 0.5) is 5.69 Å². The summed E-state index contributed by atoms with van der Waals surface area (Å²) in [6.45, 7) is 6.94. The van der Waals surface area contributed by atoms with Crippen LogP contribution in [0.2, 0.25) is 0 Å². The molecule has 1 heterocycles. The quantitative estimate of drug-likeness (QED) is 0.672. The van der Waals surface area contributed by atoms with Gasteiger partial charge in [-0.25, -0.2) is 4.79 Å². The lowest BCUT2D eigenvalue weighted by atomic mass is 10.0. The van der Waals surface area contributed by atoms with Gasteiger partial charge in [0.25, 0.3) is 11.8 Å². The third-order valence-electron chi connectivity index (χ3n) is 5.18. The summed E-state index contributed by atoms with van der Waals surface area (Å²) in [6.07, 6.45) is 2.43. The number of piperidine rings is 1. The highest BCUT2D eigenvalue weighted by molar-refractivity contribution is 5.92. The summed E-state index contributed by atoms with van der Waals surface area (Å²) in [4.78, 5) is 39.7. The summed E-state index contributed by atoms with van der Waals surface area (Å²) in [5, 5.41) is 2.92. The number of likely N-dealkylation sites (N-methyl/N-ethyl adjacent to an activating group) is 1. The summed E-state index contributed by atoms with van der Waals surface area (Å²) in [7, 11) is 1.81. The summed E-state index contributed by atoms with van der Waals surface area (Å²) in [6, 6.07) is 5.28. The van der Waals surface area contributed by atoms with Gasteiger partial charge in [0.05, 0.1) is 13.7 Å². The fraction of sp³-hybridized carbons (Fsp3) is 0.571. The number of carbonyl (C=O) groups is 3. The summed E-state index contributed by atoms with van der Waals surface area (Å²) < 4.78 is 5.11. The molecule has 7 nitrogen and oxygen atoms in total. The molecule has 7 heteroatoms. The number of likely N-dealkylation sites (tertiary alicyclic amines) is 1. The van der Waals surface area contributed by atoms with Gasteiger partial charge in [-0.3, -0.25) is 9.59 Å². The maximum atomic E-state index is 12.7. The number of carbonyl (C=O) groups excluding carboxylic acids is 3. The number of ether oxygens (including phenoxy) is 1. The standard InChI is InChI=1S/C21H31N3O4/c1-5-28-21(27)18-11-6-7-12-24(18)20(26)14-23(4)13-19(25)22-17-10-8-9-15(2)16(17)3/h8-10,18H,5-7,11-14H2,1-4H3,(H,22,25)/p+1/t18-/m0/s1. The Morgan fingerprint density at radius 1 is 1.21 bits per heavy atom. The van der Waals surface area contributed by atoms with Crippen LogP contribution in [0.5, 0.6) is 0 Å². The first-order valence-corrected chi connectivity index (χ1v) is 9.97. The first-order chi connectivity index (χ1) is 13.3. The average Bonchev–Trinajstić information content (AvgIpc) is 2.65. The Bertz CT molecular complexity index is 720. The molecule has 0 saturated carbocycles. The van der Waals surface area contributed by atoms with Crippen molar-refractivity contribution in [1.82, 2.24) is 4.90 Å². The minimum Gasteiger partial charge on any atom is -0.464 e. The number of hydrogen-bond donors (Lipinski definition) is 2. The molecule has 1 unspecified atom stereocenters. The molecule has 1 saturated heterocycles. The molecule has 0 bridgehead atoms. The van der Waals surface area contributed by atoms with Gasteiger partial charge in [0.1, 0.15) is 6.04 Å². The van der Waals surface area contributed by atoms with E-state index in [2.05, 4.69) is 5.32 Å². The molecule has 1 aromatic rings. The number of anilines is 1. The van der Waals surface area contributed by atoms with Gasteiger partial charge in [-0.1, -0.05) is 12.1 Å². The van der Waals surface area contributed by atoms with Crippen LogP contribution in [0.15, 0.2) is 18.2 Å². The predicted molar refractivity (Wildman–Crippen MR) is 107 cm³/mol. The number of nitrogens with zero attached hydrogens (tertiary/aromatic N) is 1. The van der Waals surface area contributed by atoms with Crippen molar-refractivity contribution in [2.45, 2.75) is 46.1 Å². The first kappa shape index (κ1) is 21.9. The van der Waals surface area contributed by atoms with Gasteiger partial charge >= 0.3 is 5.97 Å². The normalized spacial score (nSPS) is 17.7. The Morgan fingerprint density at radius 3 is 2.68 bits per heavy atom. The lowest BCUT2D eigenvalue weighted by Crippen LogP contribution is -3.11. The van der Waals surface area contributed by atoms with Gasteiger partial charge in [0.15, 0.2) is 13.1 Å². The number of amides is 2. The van der Waals surface area contributed by atoms with Crippen LogP contribution < -0.4 is 10.2 Å². The van der Waals surface area contributed by atoms with Crippen molar-refractivity contribution >= 4 is 23.5 Å². The zero-order chi connectivity index (χ0) is 20.7. The maximum absolute atomic E-state index is 12.7. The Balaban J connectivity index is 1.91. The number of quaternary nitrogens is 1. The largest absolute Gasteiger partial charge is 0.464 e. The first-order valence-electron chi connectivity index (χ1n) is 9.97. The second-order valence-corrected chi connectivity index (χ2v) is 7.46. The lowest BCUT2D eigenvalue weighted by molar-refractivity contribution is -0.862. The van der Waals surface area contributed by atoms with Gasteiger partial charge in [0.2, 0.25) is 0 Å². The van der Waals surface area contributed by atoms with Crippen molar-refractivity contribution in [2.75, 3.05) is 38.6 Å². The van der Waals surface area contributed by atoms with Gasteiger partial charge in [-0.05, 0) is 57.2 Å². The van der Waals surface area contributed by atoms with Gasteiger partial charge < -0.3 is 19.9 Å². The second-order valence-electron chi connectivity index (χ2n) is 7.46. The van der Waals surface area contributed by atoms with Crippen molar-refractivity contribution in [3.05, 3.63) is 29.3 Å². The van der Waals surface area contributed by atoms with Crippen LogP contribution >= 0.6 is 0 Å². The van der Waals surface area contributed by atoms with Crippen molar-refractivity contribution in [3.8, 4) is 0 Å². The summed E-state index contributed by atoms with van der Waals surface area (Å²) in [5.74, 6) is -0.588. The molecule has 0 spiro atoms. The third-order valence-corrected chi connectivity index (χ3v) is 5.18. The minimum atomic E-state index is -0.502. The Morgan fingerprint density at radius 2 is 1.96 bits per heavy atom. The third kappa shape index (κ3) is 5.79. The molecule has 2 N–H and O–H groups in total. The number of nitrogens with one attached hydrogen (secondary N) is 2. The molecule has 28 heavy (non-hydrogen) atoms. The average molecular weight is 391 g/mol. The van der Waals surface area contributed by atoms with Gasteiger partial charge in [0, 0.05) is 12.2 Å². The molecule has 2 amide bonds. The molecule has 0 aliphatic carbocycles. The van der Waals surface area contributed by atoms with Crippen LogP contribution in [0.1, 0.15) is 37.3 Å². The summed E-state index contributed by atoms with van der Waals surface area (Å²) >= 11 is 0. The van der Waals surface area contributed by atoms with Crippen molar-refractivity contribution in [1.29, 1.82) is 0 Å². The zero-order valence-corrected chi connectivity index (χ0v) is 17.3. The molecule has 154 valence electrons. The van der Waals surface area contributed by atoms with Gasteiger partial charge in [-0.15, -0.1) is 0 Å². The molecular weight excluding hydrogens is 358 g/mol. The topological polar surface area (TPSA) is 80.2 Å². The molecule has 1 aliphatic rings. The second kappa shape index (κ2) is 10.2. The van der Waals surface area contributed by atoms with Crippen LogP contribution in [-0.2, 0) is 19.1 Å². The molecule has 2 rings (SSSR count). The number of aryl methyl sites for hydroxylation is 1. The fourth-order valence-corrected chi connectivity index (χ4v) is 3.49. The monoisotopic (exact) mass is 390 g/mol. The highest BCUT2D eigenvalue weighted by Gasteiger charge is 2.34. The van der Waals surface area contributed by atoms with Gasteiger partial charge in [-0.2, -0.15) is 0 Å². The Kier molecular flexibility index (Phi) is 7.99. The molecule has 1 fully saturated rings. The van der Waals surface area contributed by atoms with E-state index >= 15 is 0 Å². The van der Waals surface area contributed by atoms with Crippen LogP contribution in [0.25, 0.3) is 0 Å². The Labute approximate surface area is 167 Å². The van der Waals surface area contributed by atoms with Crippen LogP contribution in [0, 0.1) is 13.8 Å². The van der Waals surface area contributed by atoms with Crippen molar-refractivity contribution in [2.24, 2.45) is 0 Å². The molecular formula is C21H32N3O4+. The van der Waals surface area contributed by atoms with Crippen molar-refractivity contribution in [3.63, 3.8) is 0 Å². The van der Waals surface area contributed by atoms with E-state index < -0.39 is 6.04 Å². The highest BCUT2D eigenvalue weighted by Crippen LogP contribution is 2.19. The molecule has 2 atom stereocenters.